The summed E-state index contributed by atoms with van der Waals surface area (Å²) in [6.45, 7) is 6.69. The van der Waals surface area contributed by atoms with Gasteiger partial charge in [0.1, 0.15) is 5.76 Å². The topological polar surface area (TPSA) is 72.9 Å². The Hall–Kier alpha value is -2.54. The fraction of sp³-hybridized carbons (Fsp3) is 0.500. The molecule has 2 aliphatic rings. The second kappa shape index (κ2) is 9.37. The molecular weight excluding hydrogens is 432 g/mol. The fourth-order valence-electron chi connectivity index (χ4n) is 5.67. The Morgan fingerprint density at radius 3 is 2.67 bits per heavy atom. The van der Waals surface area contributed by atoms with Crippen LogP contribution in [0.25, 0.3) is 11.4 Å². The van der Waals surface area contributed by atoms with Gasteiger partial charge in [-0.2, -0.15) is 0 Å². The minimum atomic E-state index is -0.261. The molecule has 174 valence electrons. The number of rotatable bonds is 8. The Kier molecular flexibility index (Phi) is 6.32. The first-order valence-electron chi connectivity index (χ1n) is 12.0. The number of thioether (sulfide) groups is 1. The van der Waals surface area contributed by atoms with Gasteiger partial charge in [0.15, 0.2) is 11.0 Å². The molecule has 3 aromatic rings. The predicted octanol–water partition coefficient (Wildman–Crippen LogP) is 5.32. The minimum Gasteiger partial charge on any atom is -0.469 e. The summed E-state index contributed by atoms with van der Waals surface area (Å²) in [4.78, 5) is 13.1. The first-order chi connectivity index (χ1) is 16.0. The number of benzene rings is 1. The third-order valence-corrected chi connectivity index (χ3v) is 8.54. The predicted molar refractivity (Wildman–Crippen MR) is 130 cm³/mol. The molecule has 1 aromatic carbocycles. The highest BCUT2D eigenvalue weighted by atomic mass is 32.2. The van der Waals surface area contributed by atoms with E-state index in [1.807, 2.05) is 38.1 Å². The summed E-state index contributed by atoms with van der Waals surface area (Å²) in [5, 5.41) is 12.7. The second-order valence-corrected chi connectivity index (χ2v) is 11.0. The van der Waals surface area contributed by atoms with Crippen LogP contribution in [-0.2, 0) is 11.3 Å². The Morgan fingerprint density at radius 2 is 2.00 bits per heavy atom. The molecule has 5 rings (SSSR count). The quantitative estimate of drug-likeness (QED) is 0.457. The summed E-state index contributed by atoms with van der Waals surface area (Å²) in [7, 11) is 0. The summed E-state index contributed by atoms with van der Waals surface area (Å²) in [6, 6.07) is 12.4. The van der Waals surface area contributed by atoms with Crippen molar-refractivity contribution in [3.8, 4) is 11.4 Å². The molecule has 0 radical (unpaired) electrons. The maximum atomic E-state index is 13.1. The van der Waals surface area contributed by atoms with Crippen LogP contribution in [-0.4, -0.2) is 32.0 Å². The number of aryl methyl sites for hydroxylation is 1. The van der Waals surface area contributed by atoms with E-state index in [1.54, 1.807) is 6.26 Å². The van der Waals surface area contributed by atoms with Gasteiger partial charge in [-0.3, -0.25) is 9.36 Å². The van der Waals surface area contributed by atoms with Crippen molar-refractivity contribution in [2.45, 2.75) is 69.4 Å². The van der Waals surface area contributed by atoms with Gasteiger partial charge in [0.2, 0.25) is 5.91 Å². The number of furan rings is 1. The van der Waals surface area contributed by atoms with Gasteiger partial charge in [0.25, 0.3) is 0 Å². The molecule has 0 spiro atoms. The molecule has 33 heavy (non-hydrogen) atoms. The van der Waals surface area contributed by atoms with E-state index < -0.39 is 0 Å². The van der Waals surface area contributed by atoms with Crippen LogP contribution < -0.4 is 5.32 Å². The summed E-state index contributed by atoms with van der Waals surface area (Å²) in [6.07, 6.45) is 7.01. The van der Waals surface area contributed by atoms with E-state index in [9.17, 15) is 4.79 Å². The molecule has 5 atom stereocenters. The largest absolute Gasteiger partial charge is 0.469 e. The van der Waals surface area contributed by atoms with Gasteiger partial charge in [-0.25, -0.2) is 0 Å². The Morgan fingerprint density at radius 1 is 1.18 bits per heavy atom. The van der Waals surface area contributed by atoms with Crippen LogP contribution in [0.2, 0.25) is 0 Å². The lowest BCUT2D eigenvalue weighted by Crippen LogP contribution is -2.43. The Labute approximate surface area is 199 Å². The number of amides is 1. The van der Waals surface area contributed by atoms with Crippen molar-refractivity contribution < 1.29 is 9.21 Å². The molecule has 2 aliphatic carbocycles. The molecule has 5 unspecified atom stereocenters. The van der Waals surface area contributed by atoms with Crippen molar-refractivity contribution in [2.24, 2.45) is 17.8 Å². The van der Waals surface area contributed by atoms with Crippen molar-refractivity contribution in [1.29, 1.82) is 0 Å². The Bertz CT molecular complexity index is 1110. The average molecular weight is 465 g/mol. The zero-order chi connectivity index (χ0) is 22.9. The van der Waals surface area contributed by atoms with E-state index in [-0.39, 0.29) is 17.2 Å². The van der Waals surface area contributed by atoms with Gasteiger partial charge >= 0.3 is 0 Å². The number of carbonyl (C=O) groups excluding carboxylic acids is 1. The van der Waals surface area contributed by atoms with Crippen LogP contribution in [0.1, 0.15) is 50.9 Å². The molecule has 2 heterocycles. The van der Waals surface area contributed by atoms with Crippen LogP contribution in [0.4, 0.5) is 0 Å². The van der Waals surface area contributed by atoms with Crippen molar-refractivity contribution in [3.05, 3.63) is 54.0 Å². The molecule has 7 heteroatoms. The third kappa shape index (κ3) is 4.60. The maximum absolute atomic E-state index is 13.1. The highest BCUT2D eigenvalue weighted by Crippen LogP contribution is 2.49. The van der Waals surface area contributed by atoms with Crippen molar-refractivity contribution in [3.63, 3.8) is 0 Å². The number of hydrogen-bond donors (Lipinski definition) is 1. The minimum absolute atomic E-state index is 0.0746. The first-order valence-corrected chi connectivity index (χ1v) is 12.9. The SMILES string of the molecule is Cc1occc1-c1nnc(SC(C)C(=O)NC(C)C2CC3CCC2C3)n1Cc1ccccc1. The van der Waals surface area contributed by atoms with E-state index in [4.69, 9.17) is 4.42 Å². The summed E-state index contributed by atoms with van der Waals surface area (Å²) in [5.41, 5.74) is 2.08. The van der Waals surface area contributed by atoms with Crippen LogP contribution in [0, 0.1) is 24.7 Å². The van der Waals surface area contributed by atoms with E-state index in [2.05, 4.69) is 39.1 Å². The lowest BCUT2D eigenvalue weighted by atomic mass is 9.84. The van der Waals surface area contributed by atoms with E-state index in [0.29, 0.717) is 12.5 Å². The lowest BCUT2D eigenvalue weighted by Gasteiger charge is -2.29. The monoisotopic (exact) mass is 464 g/mol. The normalized spacial score (nSPS) is 23.5. The number of nitrogens with one attached hydrogen (secondary N) is 1. The number of hydrogen-bond acceptors (Lipinski definition) is 5. The number of fused-ring (bicyclic) bond motifs is 2. The van der Waals surface area contributed by atoms with Gasteiger partial charge in [0, 0.05) is 6.04 Å². The molecular formula is C26H32N4O2S. The third-order valence-electron chi connectivity index (χ3n) is 7.46. The molecule has 0 aliphatic heterocycles. The average Bonchev–Trinajstić information content (AvgIpc) is 3.60. The highest BCUT2D eigenvalue weighted by Gasteiger charge is 2.42. The van der Waals surface area contributed by atoms with Gasteiger partial charge in [-0.1, -0.05) is 48.5 Å². The van der Waals surface area contributed by atoms with Crippen molar-refractivity contribution in [1.82, 2.24) is 20.1 Å². The van der Waals surface area contributed by atoms with E-state index in [0.717, 1.165) is 39.7 Å². The van der Waals surface area contributed by atoms with Crippen LogP contribution in [0.5, 0.6) is 0 Å². The van der Waals surface area contributed by atoms with E-state index >= 15 is 0 Å². The molecule has 2 aromatic heterocycles. The summed E-state index contributed by atoms with van der Waals surface area (Å²) >= 11 is 1.47. The summed E-state index contributed by atoms with van der Waals surface area (Å²) in [5.74, 6) is 3.94. The summed E-state index contributed by atoms with van der Waals surface area (Å²) < 4.78 is 7.60. The zero-order valence-corrected chi connectivity index (χ0v) is 20.3. The smallest absolute Gasteiger partial charge is 0.233 e. The second-order valence-electron chi connectivity index (χ2n) is 9.66. The van der Waals surface area contributed by atoms with Crippen LogP contribution in [0.3, 0.4) is 0 Å². The first kappa shape index (κ1) is 22.3. The molecule has 2 fully saturated rings. The van der Waals surface area contributed by atoms with Gasteiger partial charge < -0.3 is 9.73 Å². The highest BCUT2D eigenvalue weighted by molar-refractivity contribution is 8.00. The van der Waals surface area contributed by atoms with Crippen LogP contribution >= 0.6 is 11.8 Å². The number of carbonyl (C=O) groups is 1. The zero-order valence-electron chi connectivity index (χ0n) is 19.5. The van der Waals surface area contributed by atoms with Crippen molar-refractivity contribution in [2.75, 3.05) is 0 Å². The maximum Gasteiger partial charge on any atom is 0.233 e. The van der Waals surface area contributed by atoms with Gasteiger partial charge in [-0.15, -0.1) is 10.2 Å². The molecule has 1 amide bonds. The molecule has 0 saturated heterocycles. The Balaban J connectivity index is 1.32. The van der Waals surface area contributed by atoms with E-state index in [1.165, 1.54) is 37.4 Å². The number of aromatic nitrogens is 3. The number of nitrogens with zero attached hydrogens (tertiary/aromatic N) is 3. The van der Waals surface area contributed by atoms with Crippen LogP contribution in [0.15, 0.2) is 52.2 Å². The fourth-order valence-corrected chi connectivity index (χ4v) is 6.52. The van der Waals surface area contributed by atoms with Gasteiger partial charge in [-0.05, 0) is 69.4 Å². The van der Waals surface area contributed by atoms with Crippen molar-refractivity contribution >= 4 is 17.7 Å². The molecule has 2 bridgehead atoms. The molecule has 1 N–H and O–H groups in total. The molecule has 6 nitrogen and oxygen atoms in total. The van der Waals surface area contributed by atoms with Gasteiger partial charge in [0.05, 0.1) is 23.6 Å². The standard InChI is InChI=1S/C26H32N4O2S/c1-16(23-14-20-9-10-21(23)13-20)27-25(31)18(3)33-26-29-28-24(22-11-12-32-17(22)2)30(26)15-19-7-5-4-6-8-19/h4-8,11-12,16,18,20-21,23H,9-10,13-15H2,1-3H3,(H,27,31). The molecule has 2 saturated carbocycles. The lowest BCUT2D eigenvalue weighted by molar-refractivity contribution is -0.121.